The van der Waals surface area contributed by atoms with E-state index < -0.39 is 5.54 Å². The number of aromatic nitrogens is 1. The van der Waals surface area contributed by atoms with Crippen LogP contribution in [-0.4, -0.2) is 38.9 Å². The van der Waals surface area contributed by atoms with Crippen LogP contribution >= 0.6 is 11.3 Å². The fraction of sp³-hybridized carbons (Fsp3) is 0.667. The van der Waals surface area contributed by atoms with Crippen molar-refractivity contribution in [1.82, 2.24) is 14.8 Å². The highest BCUT2D eigenvalue weighted by Gasteiger charge is 2.51. The van der Waals surface area contributed by atoms with E-state index in [1.165, 1.54) is 25.7 Å². The molecule has 2 amide bonds. The van der Waals surface area contributed by atoms with Crippen LogP contribution in [0.5, 0.6) is 0 Å². The minimum atomic E-state index is -0.850. The largest absolute Gasteiger partial charge is 0.351 e. The quantitative estimate of drug-likeness (QED) is 0.754. The van der Waals surface area contributed by atoms with Crippen molar-refractivity contribution in [3.63, 3.8) is 0 Å². The SMILES string of the molecule is C[C@@H]1CCCC[C@@H]1NC(=O)[C@]1(C)Cn2c(cc3sccc32)C(=O)N1C1CCCCC1. The summed E-state index contributed by atoms with van der Waals surface area (Å²) in [7, 11) is 0. The van der Waals surface area contributed by atoms with Gasteiger partial charge in [0.05, 0.1) is 16.8 Å². The molecule has 2 saturated carbocycles. The molecular formula is C24H33N3O2S. The van der Waals surface area contributed by atoms with E-state index in [-0.39, 0.29) is 23.9 Å². The molecule has 0 saturated heterocycles. The molecule has 2 aliphatic carbocycles. The van der Waals surface area contributed by atoms with Crippen molar-refractivity contribution in [1.29, 1.82) is 0 Å². The van der Waals surface area contributed by atoms with Crippen molar-refractivity contribution in [2.24, 2.45) is 5.92 Å². The molecule has 0 aromatic carbocycles. The predicted molar refractivity (Wildman–Crippen MR) is 121 cm³/mol. The fourth-order valence-corrected chi connectivity index (χ4v) is 6.82. The van der Waals surface area contributed by atoms with Crippen molar-refractivity contribution in [3.05, 3.63) is 23.2 Å². The molecule has 3 aliphatic rings. The molecule has 2 fully saturated rings. The first-order valence-electron chi connectivity index (χ1n) is 11.7. The van der Waals surface area contributed by atoms with Crippen LogP contribution in [0.1, 0.15) is 82.1 Å². The molecule has 3 atom stereocenters. The molecule has 3 heterocycles. The highest BCUT2D eigenvalue weighted by Crippen LogP contribution is 2.38. The Morgan fingerprint density at radius 3 is 2.63 bits per heavy atom. The molecule has 5 nitrogen and oxygen atoms in total. The first-order chi connectivity index (χ1) is 14.5. The van der Waals surface area contributed by atoms with Crippen LogP contribution in [0.15, 0.2) is 17.5 Å². The third-order valence-electron chi connectivity index (χ3n) is 7.82. The molecule has 1 aliphatic heterocycles. The van der Waals surface area contributed by atoms with E-state index in [9.17, 15) is 9.59 Å². The Morgan fingerprint density at radius 2 is 1.87 bits per heavy atom. The number of thiophene rings is 1. The van der Waals surface area contributed by atoms with Gasteiger partial charge < -0.3 is 14.8 Å². The van der Waals surface area contributed by atoms with Crippen molar-refractivity contribution in [2.75, 3.05) is 0 Å². The van der Waals surface area contributed by atoms with Crippen LogP contribution in [0, 0.1) is 5.92 Å². The minimum Gasteiger partial charge on any atom is -0.351 e. The summed E-state index contributed by atoms with van der Waals surface area (Å²) in [6.07, 6.45) is 10.2. The number of rotatable bonds is 3. The average molecular weight is 428 g/mol. The van der Waals surface area contributed by atoms with E-state index >= 15 is 0 Å². The molecule has 1 N–H and O–H groups in total. The zero-order valence-corrected chi connectivity index (χ0v) is 19.0. The van der Waals surface area contributed by atoms with E-state index in [0.29, 0.717) is 12.5 Å². The lowest BCUT2D eigenvalue weighted by atomic mass is 9.83. The third kappa shape index (κ3) is 3.19. The van der Waals surface area contributed by atoms with Crippen LogP contribution in [0.25, 0.3) is 10.2 Å². The van der Waals surface area contributed by atoms with E-state index in [1.54, 1.807) is 11.3 Å². The van der Waals surface area contributed by atoms with Gasteiger partial charge in [-0.2, -0.15) is 0 Å². The average Bonchev–Trinajstić information content (AvgIpc) is 3.33. The number of carbonyl (C=O) groups is 2. The predicted octanol–water partition coefficient (Wildman–Crippen LogP) is 4.94. The summed E-state index contributed by atoms with van der Waals surface area (Å²) < 4.78 is 3.23. The topological polar surface area (TPSA) is 54.3 Å². The second kappa shape index (κ2) is 7.70. The van der Waals surface area contributed by atoms with Crippen LogP contribution in [0.2, 0.25) is 0 Å². The summed E-state index contributed by atoms with van der Waals surface area (Å²) in [5.74, 6) is 0.563. The van der Waals surface area contributed by atoms with Gasteiger partial charge in [0.2, 0.25) is 5.91 Å². The monoisotopic (exact) mass is 427 g/mol. The van der Waals surface area contributed by atoms with Crippen LogP contribution in [0.4, 0.5) is 0 Å². The zero-order valence-electron chi connectivity index (χ0n) is 18.2. The first-order valence-corrected chi connectivity index (χ1v) is 12.6. The summed E-state index contributed by atoms with van der Waals surface area (Å²) in [5.41, 5.74) is 0.979. The van der Waals surface area contributed by atoms with E-state index in [4.69, 9.17) is 0 Å². The van der Waals surface area contributed by atoms with Crippen molar-refractivity contribution in [2.45, 2.75) is 95.8 Å². The molecule has 2 aromatic rings. The second-order valence-corrected chi connectivity index (χ2v) is 10.8. The summed E-state index contributed by atoms with van der Waals surface area (Å²) >= 11 is 1.66. The Morgan fingerprint density at radius 1 is 1.13 bits per heavy atom. The highest BCUT2D eigenvalue weighted by molar-refractivity contribution is 7.17. The number of hydrogen-bond acceptors (Lipinski definition) is 3. The van der Waals surface area contributed by atoms with Gasteiger partial charge >= 0.3 is 0 Å². The number of nitrogens with zero attached hydrogens (tertiary/aromatic N) is 2. The Hall–Kier alpha value is -1.82. The number of nitrogens with one attached hydrogen (secondary N) is 1. The van der Waals surface area contributed by atoms with Gasteiger partial charge in [0.1, 0.15) is 11.2 Å². The van der Waals surface area contributed by atoms with Gasteiger partial charge in [-0.05, 0) is 56.0 Å². The molecule has 2 aromatic heterocycles. The maximum Gasteiger partial charge on any atom is 0.271 e. The Kier molecular flexibility index (Phi) is 5.16. The Labute approximate surface area is 182 Å². The van der Waals surface area contributed by atoms with E-state index in [0.717, 1.165) is 48.0 Å². The smallest absolute Gasteiger partial charge is 0.271 e. The Bertz CT molecular complexity index is 957. The van der Waals surface area contributed by atoms with Gasteiger partial charge in [-0.3, -0.25) is 9.59 Å². The molecule has 0 bridgehead atoms. The molecule has 6 heteroatoms. The molecule has 0 radical (unpaired) electrons. The van der Waals surface area contributed by atoms with Crippen LogP contribution < -0.4 is 5.32 Å². The maximum absolute atomic E-state index is 13.8. The van der Waals surface area contributed by atoms with Gasteiger partial charge in [-0.15, -0.1) is 11.3 Å². The first kappa shape index (κ1) is 20.1. The van der Waals surface area contributed by atoms with Gasteiger partial charge in [0, 0.05) is 12.1 Å². The van der Waals surface area contributed by atoms with E-state index in [1.807, 2.05) is 17.9 Å². The third-order valence-corrected chi connectivity index (χ3v) is 8.67. The summed E-state index contributed by atoms with van der Waals surface area (Å²) in [6.45, 7) is 4.79. The van der Waals surface area contributed by atoms with Gasteiger partial charge in [0.25, 0.3) is 5.91 Å². The molecule has 0 spiro atoms. The summed E-state index contributed by atoms with van der Waals surface area (Å²) in [6, 6.07) is 4.49. The van der Waals surface area contributed by atoms with Crippen molar-refractivity contribution < 1.29 is 9.59 Å². The number of amides is 2. The molecular weight excluding hydrogens is 394 g/mol. The minimum absolute atomic E-state index is 0.0305. The fourth-order valence-electron chi connectivity index (χ4n) is 6.00. The van der Waals surface area contributed by atoms with Crippen molar-refractivity contribution >= 4 is 33.4 Å². The van der Waals surface area contributed by atoms with Crippen LogP contribution in [-0.2, 0) is 11.3 Å². The number of carbonyl (C=O) groups excluding carboxylic acids is 2. The standard InChI is InChI=1S/C24H33N3O2S/c1-16-8-6-7-11-18(16)25-23(29)24(2)15-26-19-12-13-30-21(19)14-20(26)22(28)27(24)17-9-4-3-5-10-17/h12-14,16-18H,3-11,15H2,1-2H3,(H,25,29)/t16-,18+,24+/m1/s1. The van der Waals surface area contributed by atoms with Gasteiger partial charge in [-0.1, -0.05) is 39.0 Å². The molecule has 30 heavy (non-hydrogen) atoms. The zero-order chi connectivity index (χ0) is 20.9. The maximum atomic E-state index is 13.8. The lowest BCUT2D eigenvalue weighted by Gasteiger charge is -2.49. The molecule has 5 rings (SSSR count). The summed E-state index contributed by atoms with van der Waals surface area (Å²) in [4.78, 5) is 29.6. The molecule has 162 valence electrons. The number of hydrogen-bond donors (Lipinski definition) is 1. The molecule has 0 unspecified atom stereocenters. The van der Waals surface area contributed by atoms with E-state index in [2.05, 4.69) is 28.3 Å². The van der Waals surface area contributed by atoms with Gasteiger partial charge in [-0.25, -0.2) is 0 Å². The highest BCUT2D eigenvalue weighted by atomic mass is 32.1. The lowest BCUT2D eigenvalue weighted by molar-refractivity contribution is -0.136. The number of fused-ring (bicyclic) bond motifs is 3. The Balaban J connectivity index is 1.53. The van der Waals surface area contributed by atoms with Crippen LogP contribution in [0.3, 0.4) is 0 Å². The van der Waals surface area contributed by atoms with Gasteiger partial charge in [0.15, 0.2) is 0 Å². The lowest BCUT2D eigenvalue weighted by Crippen LogP contribution is -2.67. The second-order valence-electron chi connectivity index (χ2n) is 9.87. The normalized spacial score (nSPS) is 30.5. The van der Waals surface area contributed by atoms with Crippen molar-refractivity contribution in [3.8, 4) is 0 Å². The summed E-state index contributed by atoms with van der Waals surface area (Å²) in [5, 5.41) is 5.46.